The molecule has 1 nitrogen and oxygen atoms in total. The van der Waals surface area contributed by atoms with Gasteiger partial charge in [0.2, 0.25) is 0 Å². The Labute approximate surface area is 126 Å². The van der Waals surface area contributed by atoms with Gasteiger partial charge in [0.15, 0.2) is 0 Å². The van der Waals surface area contributed by atoms with Crippen molar-refractivity contribution in [2.24, 2.45) is 5.73 Å². The number of rotatable bonds is 3. The first kappa shape index (κ1) is 14.6. The molecule has 0 saturated carbocycles. The number of benzene rings is 2. The molecule has 0 aliphatic rings. The van der Waals surface area contributed by atoms with E-state index in [1.54, 1.807) is 24.3 Å². The van der Waals surface area contributed by atoms with Crippen LogP contribution in [0.2, 0.25) is 15.1 Å². The fourth-order valence-corrected chi connectivity index (χ4v) is 2.49. The predicted molar refractivity (Wildman–Crippen MR) is 78.5 cm³/mol. The number of hydrogen-bond donors (Lipinski definition) is 1. The maximum absolute atomic E-state index is 13.1. The molecular formula is C14H11Cl3FN. The van der Waals surface area contributed by atoms with Gasteiger partial charge < -0.3 is 5.73 Å². The molecule has 0 heterocycles. The molecule has 2 aromatic carbocycles. The molecule has 0 aromatic heterocycles. The lowest BCUT2D eigenvalue weighted by Gasteiger charge is -2.14. The van der Waals surface area contributed by atoms with Gasteiger partial charge in [0.05, 0.1) is 15.1 Å². The van der Waals surface area contributed by atoms with Crippen LogP contribution in [0.5, 0.6) is 0 Å². The monoisotopic (exact) mass is 317 g/mol. The second-order valence-electron chi connectivity index (χ2n) is 4.20. The van der Waals surface area contributed by atoms with E-state index >= 15 is 0 Å². The molecule has 100 valence electrons. The van der Waals surface area contributed by atoms with Gasteiger partial charge in [-0.1, -0.05) is 53.0 Å². The summed E-state index contributed by atoms with van der Waals surface area (Å²) in [5.41, 5.74) is 7.71. The minimum absolute atomic E-state index is 0.0851. The quantitative estimate of drug-likeness (QED) is 0.844. The Hall–Kier alpha value is -0.800. The fourth-order valence-electron chi connectivity index (χ4n) is 1.84. The summed E-state index contributed by atoms with van der Waals surface area (Å²) in [4.78, 5) is 0. The topological polar surface area (TPSA) is 26.0 Å². The summed E-state index contributed by atoms with van der Waals surface area (Å²) < 4.78 is 13.1. The molecular weight excluding hydrogens is 308 g/mol. The zero-order chi connectivity index (χ0) is 14.0. The van der Waals surface area contributed by atoms with E-state index in [2.05, 4.69) is 0 Å². The fraction of sp³-hybridized carbons (Fsp3) is 0.143. The van der Waals surface area contributed by atoms with E-state index in [1.165, 1.54) is 6.07 Å². The standard InChI is InChI=1S/C14H11Cl3FN/c15-10-3-1-2-9(14(10)17)13(19)7-8-4-5-12(18)11(16)6-8/h1-6,13H,7,19H2. The number of hydrogen-bond acceptors (Lipinski definition) is 1. The van der Waals surface area contributed by atoms with Crippen molar-refractivity contribution in [3.63, 3.8) is 0 Å². The van der Waals surface area contributed by atoms with Crippen LogP contribution in [0, 0.1) is 5.82 Å². The van der Waals surface area contributed by atoms with E-state index in [9.17, 15) is 4.39 Å². The van der Waals surface area contributed by atoms with Gasteiger partial charge in [-0.05, 0) is 35.7 Å². The third-order valence-electron chi connectivity index (χ3n) is 2.82. The van der Waals surface area contributed by atoms with Crippen molar-refractivity contribution in [1.82, 2.24) is 0 Å². The Kier molecular flexibility index (Phi) is 4.69. The first-order valence-corrected chi connectivity index (χ1v) is 6.76. The zero-order valence-electron chi connectivity index (χ0n) is 9.84. The van der Waals surface area contributed by atoms with Crippen molar-refractivity contribution in [2.45, 2.75) is 12.5 Å². The molecule has 0 radical (unpaired) electrons. The van der Waals surface area contributed by atoms with Crippen LogP contribution < -0.4 is 5.73 Å². The summed E-state index contributed by atoms with van der Waals surface area (Å²) in [6, 6.07) is 9.53. The SMILES string of the molecule is NC(Cc1ccc(F)c(Cl)c1)c1cccc(Cl)c1Cl. The lowest BCUT2D eigenvalue weighted by atomic mass is 9.99. The molecule has 5 heteroatoms. The van der Waals surface area contributed by atoms with Gasteiger partial charge >= 0.3 is 0 Å². The van der Waals surface area contributed by atoms with E-state index in [1.807, 2.05) is 6.07 Å². The van der Waals surface area contributed by atoms with Crippen molar-refractivity contribution in [1.29, 1.82) is 0 Å². The highest BCUT2D eigenvalue weighted by molar-refractivity contribution is 6.42. The van der Waals surface area contributed by atoms with E-state index in [-0.39, 0.29) is 11.1 Å². The average molecular weight is 319 g/mol. The molecule has 1 unspecified atom stereocenters. The molecule has 0 bridgehead atoms. The Bertz CT molecular complexity index is 601. The molecule has 0 fully saturated rings. The van der Waals surface area contributed by atoms with Crippen molar-refractivity contribution in [3.05, 3.63) is 68.4 Å². The normalized spacial score (nSPS) is 12.5. The smallest absolute Gasteiger partial charge is 0.141 e. The van der Waals surface area contributed by atoms with Crippen LogP contribution in [0.25, 0.3) is 0 Å². The molecule has 0 aliphatic carbocycles. The average Bonchev–Trinajstić information content (AvgIpc) is 2.37. The Morgan fingerprint density at radius 1 is 1.05 bits per heavy atom. The highest BCUT2D eigenvalue weighted by atomic mass is 35.5. The Balaban J connectivity index is 2.23. The van der Waals surface area contributed by atoms with Gasteiger partial charge in [-0.25, -0.2) is 4.39 Å². The summed E-state index contributed by atoms with van der Waals surface area (Å²) in [6.45, 7) is 0. The molecule has 0 spiro atoms. The summed E-state index contributed by atoms with van der Waals surface area (Å²) >= 11 is 17.8. The highest BCUT2D eigenvalue weighted by Gasteiger charge is 2.13. The summed E-state index contributed by atoms with van der Waals surface area (Å²) in [5.74, 6) is -0.445. The maximum Gasteiger partial charge on any atom is 0.141 e. The van der Waals surface area contributed by atoms with E-state index in [0.29, 0.717) is 16.5 Å². The van der Waals surface area contributed by atoms with Crippen molar-refractivity contribution < 1.29 is 4.39 Å². The van der Waals surface area contributed by atoms with Crippen LogP contribution in [0.3, 0.4) is 0 Å². The highest BCUT2D eigenvalue weighted by Crippen LogP contribution is 2.30. The lowest BCUT2D eigenvalue weighted by molar-refractivity contribution is 0.626. The Morgan fingerprint density at radius 2 is 1.79 bits per heavy atom. The van der Waals surface area contributed by atoms with Gasteiger partial charge in [-0.2, -0.15) is 0 Å². The largest absolute Gasteiger partial charge is 0.324 e. The maximum atomic E-state index is 13.1. The molecule has 2 N–H and O–H groups in total. The van der Waals surface area contributed by atoms with Crippen molar-refractivity contribution in [2.75, 3.05) is 0 Å². The van der Waals surface area contributed by atoms with E-state index in [4.69, 9.17) is 40.5 Å². The minimum atomic E-state index is -0.445. The molecule has 19 heavy (non-hydrogen) atoms. The van der Waals surface area contributed by atoms with Gasteiger partial charge in [-0.3, -0.25) is 0 Å². The molecule has 0 saturated heterocycles. The van der Waals surface area contributed by atoms with Crippen molar-refractivity contribution >= 4 is 34.8 Å². The van der Waals surface area contributed by atoms with Gasteiger partial charge in [-0.15, -0.1) is 0 Å². The van der Waals surface area contributed by atoms with Crippen molar-refractivity contribution in [3.8, 4) is 0 Å². The molecule has 2 rings (SSSR count). The van der Waals surface area contributed by atoms with Gasteiger partial charge in [0, 0.05) is 6.04 Å². The second kappa shape index (κ2) is 6.10. The van der Waals surface area contributed by atoms with Crippen LogP contribution in [0.4, 0.5) is 4.39 Å². The molecule has 1 atom stereocenters. The van der Waals surface area contributed by atoms with Gasteiger partial charge in [0.25, 0.3) is 0 Å². The summed E-state index contributed by atoms with van der Waals surface area (Å²) in [6.07, 6.45) is 0.500. The molecule has 0 aliphatic heterocycles. The second-order valence-corrected chi connectivity index (χ2v) is 5.39. The zero-order valence-corrected chi connectivity index (χ0v) is 12.1. The van der Waals surface area contributed by atoms with Crippen LogP contribution in [0.15, 0.2) is 36.4 Å². The van der Waals surface area contributed by atoms with Crippen LogP contribution in [-0.4, -0.2) is 0 Å². The Morgan fingerprint density at radius 3 is 2.47 bits per heavy atom. The minimum Gasteiger partial charge on any atom is -0.324 e. The summed E-state index contributed by atoms with van der Waals surface area (Å²) in [7, 11) is 0. The van der Waals surface area contributed by atoms with Crippen LogP contribution >= 0.6 is 34.8 Å². The first-order valence-electron chi connectivity index (χ1n) is 5.62. The summed E-state index contributed by atoms with van der Waals surface area (Å²) in [5, 5.41) is 0.999. The molecule has 0 amide bonds. The molecule has 2 aromatic rings. The van der Waals surface area contributed by atoms with E-state index in [0.717, 1.165) is 11.1 Å². The van der Waals surface area contributed by atoms with Crippen LogP contribution in [0.1, 0.15) is 17.2 Å². The van der Waals surface area contributed by atoms with Crippen LogP contribution in [-0.2, 0) is 6.42 Å². The predicted octanol–water partition coefficient (Wildman–Crippen LogP) is 5.03. The third-order valence-corrected chi connectivity index (χ3v) is 3.94. The third kappa shape index (κ3) is 3.40. The van der Waals surface area contributed by atoms with E-state index < -0.39 is 5.82 Å². The lowest BCUT2D eigenvalue weighted by Crippen LogP contribution is -2.14. The number of halogens is 4. The van der Waals surface area contributed by atoms with Gasteiger partial charge in [0.1, 0.15) is 5.82 Å². The number of nitrogens with two attached hydrogens (primary N) is 1. The first-order chi connectivity index (χ1) is 8.99.